The molecule has 0 amide bonds. The summed E-state index contributed by atoms with van der Waals surface area (Å²) in [6.07, 6.45) is 0. The van der Waals surface area contributed by atoms with Crippen LogP contribution in [0.1, 0.15) is 24.4 Å². The Kier molecular flexibility index (Phi) is 5.30. The van der Waals surface area contributed by atoms with Gasteiger partial charge in [0.15, 0.2) is 0 Å². The first kappa shape index (κ1) is 18.5. The summed E-state index contributed by atoms with van der Waals surface area (Å²) >= 11 is 0. The molecule has 0 N–H and O–H groups in total. The second-order valence-electron chi connectivity index (χ2n) is 7.21. The molecule has 28 heavy (non-hydrogen) atoms. The molecule has 0 radical (unpaired) electrons. The number of aromatic nitrogens is 2. The van der Waals surface area contributed by atoms with Gasteiger partial charge in [0.2, 0.25) is 11.8 Å². The summed E-state index contributed by atoms with van der Waals surface area (Å²) in [4.78, 5) is 4.84. The van der Waals surface area contributed by atoms with Gasteiger partial charge in [-0.2, -0.15) is 0 Å². The van der Waals surface area contributed by atoms with Crippen molar-refractivity contribution in [1.29, 1.82) is 0 Å². The Morgan fingerprint density at radius 3 is 2.43 bits per heavy atom. The topological polar surface area (TPSA) is 54.6 Å². The zero-order valence-electron chi connectivity index (χ0n) is 16.6. The number of ether oxygens (including phenoxy) is 1. The van der Waals surface area contributed by atoms with Crippen molar-refractivity contribution in [1.82, 2.24) is 15.1 Å². The van der Waals surface area contributed by atoms with Crippen molar-refractivity contribution >= 4 is 5.69 Å². The summed E-state index contributed by atoms with van der Waals surface area (Å²) < 4.78 is 11.2. The Labute approximate surface area is 165 Å². The van der Waals surface area contributed by atoms with E-state index in [4.69, 9.17) is 9.15 Å². The van der Waals surface area contributed by atoms with Crippen LogP contribution in [0.4, 0.5) is 5.69 Å². The lowest BCUT2D eigenvalue weighted by Crippen LogP contribution is -2.47. The van der Waals surface area contributed by atoms with Crippen LogP contribution in [0.5, 0.6) is 5.75 Å². The Morgan fingerprint density at radius 2 is 1.75 bits per heavy atom. The van der Waals surface area contributed by atoms with E-state index in [1.807, 2.05) is 24.3 Å². The first-order valence-electron chi connectivity index (χ1n) is 9.67. The largest absolute Gasteiger partial charge is 0.497 e. The summed E-state index contributed by atoms with van der Waals surface area (Å²) in [7, 11) is 1.65. The highest BCUT2D eigenvalue weighted by atomic mass is 16.5. The zero-order chi connectivity index (χ0) is 19.5. The van der Waals surface area contributed by atoms with Crippen LogP contribution >= 0.6 is 0 Å². The molecule has 1 saturated heterocycles. The molecule has 2 heterocycles. The number of anilines is 1. The average molecular weight is 378 g/mol. The maximum Gasteiger partial charge on any atom is 0.247 e. The third-order valence-corrected chi connectivity index (χ3v) is 5.36. The van der Waals surface area contributed by atoms with Crippen LogP contribution < -0.4 is 9.64 Å². The molecular formula is C22H26N4O2. The van der Waals surface area contributed by atoms with Crippen LogP contribution in [0.2, 0.25) is 0 Å². The van der Waals surface area contributed by atoms with E-state index in [2.05, 4.69) is 58.1 Å². The molecule has 0 saturated carbocycles. The monoisotopic (exact) mass is 378 g/mol. The molecule has 0 aliphatic carbocycles. The summed E-state index contributed by atoms with van der Waals surface area (Å²) in [6, 6.07) is 16.4. The normalized spacial score (nSPS) is 16.2. The number of hydrogen-bond acceptors (Lipinski definition) is 6. The number of rotatable bonds is 5. The van der Waals surface area contributed by atoms with Crippen molar-refractivity contribution in [2.24, 2.45) is 0 Å². The molecular weight excluding hydrogens is 352 g/mol. The molecule has 1 aliphatic heterocycles. The van der Waals surface area contributed by atoms with Gasteiger partial charge in [-0.3, -0.25) is 4.90 Å². The summed E-state index contributed by atoms with van der Waals surface area (Å²) in [5.74, 6) is 2.01. The SMILES string of the molecule is COc1ccc(-c2nnc([C@H](C)N3CCN(c4cccc(C)c4)CC3)o2)cc1. The van der Waals surface area contributed by atoms with E-state index in [0.717, 1.165) is 37.5 Å². The highest BCUT2D eigenvalue weighted by molar-refractivity contribution is 5.54. The molecule has 2 aromatic carbocycles. The Morgan fingerprint density at radius 1 is 1.00 bits per heavy atom. The Bertz CT molecular complexity index is 914. The number of hydrogen-bond donors (Lipinski definition) is 0. The van der Waals surface area contributed by atoms with Crippen LogP contribution in [0, 0.1) is 6.92 Å². The fourth-order valence-electron chi connectivity index (χ4n) is 3.60. The van der Waals surface area contributed by atoms with Gasteiger partial charge < -0.3 is 14.1 Å². The lowest BCUT2D eigenvalue weighted by molar-refractivity contribution is 0.174. The smallest absolute Gasteiger partial charge is 0.247 e. The molecule has 6 nitrogen and oxygen atoms in total. The van der Waals surface area contributed by atoms with Crippen LogP contribution in [-0.2, 0) is 0 Å². The standard InChI is InChI=1S/C22H26N4O2/c1-16-5-4-6-19(15-16)26-13-11-25(12-14-26)17(2)21-23-24-22(28-21)18-7-9-20(27-3)10-8-18/h4-10,15,17H,11-14H2,1-3H3/t17-/m0/s1. The van der Waals surface area contributed by atoms with E-state index >= 15 is 0 Å². The van der Waals surface area contributed by atoms with E-state index in [-0.39, 0.29) is 6.04 Å². The first-order chi connectivity index (χ1) is 13.6. The Balaban J connectivity index is 1.40. The maximum atomic E-state index is 5.97. The molecule has 1 atom stereocenters. The lowest BCUT2D eigenvalue weighted by atomic mass is 10.1. The molecule has 0 bridgehead atoms. The van der Waals surface area contributed by atoms with Gasteiger partial charge in [0.05, 0.1) is 13.2 Å². The molecule has 1 aliphatic rings. The van der Waals surface area contributed by atoms with Crippen molar-refractivity contribution in [3.05, 3.63) is 60.0 Å². The zero-order valence-corrected chi connectivity index (χ0v) is 16.6. The van der Waals surface area contributed by atoms with Crippen molar-refractivity contribution in [3.63, 3.8) is 0 Å². The lowest BCUT2D eigenvalue weighted by Gasteiger charge is -2.38. The third kappa shape index (κ3) is 3.87. The molecule has 1 fully saturated rings. The molecule has 0 spiro atoms. The van der Waals surface area contributed by atoms with Gasteiger partial charge in [-0.15, -0.1) is 10.2 Å². The van der Waals surface area contributed by atoms with E-state index < -0.39 is 0 Å². The summed E-state index contributed by atoms with van der Waals surface area (Å²) in [5, 5.41) is 8.53. The predicted octanol–water partition coefficient (Wildman–Crippen LogP) is 3.94. The molecule has 1 aromatic heterocycles. The van der Waals surface area contributed by atoms with Crippen LogP contribution in [0.25, 0.3) is 11.5 Å². The average Bonchev–Trinajstić information content (AvgIpc) is 3.24. The van der Waals surface area contributed by atoms with Crippen LogP contribution in [-0.4, -0.2) is 48.4 Å². The number of methoxy groups -OCH3 is 1. The van der Waals surface area contributed by atoms with Gasteiger partial charge in [-0.05, 0) is 55.8 Å². The van der Waals surface area contributed by atoms with Gasteiger partial charge in [-0.1, -0.05) is 12.1 Å². The second-order valence-corrected chi connectivity index (χ2v) is 7.21. The predicted molar refractivity (Wildman–Crippen MR) is 110 cm³/mol. The molecule has 0 unspecified atom stereocenters. The number of nitrogens with zero attached hydrogens (tertiary/aromatic N) is 4. The summed E-state index contributed by atoms with van der Waals surface area (Å²) in [6.45, 7) is 8.19. The van der Waals surface area contributed by atoms with Gasteiger partial charge in [-0.25, -0.2) is 0 Å². The van der Waals surface area contributed by atoms with E-state index in [1.165, 1.54) is 11.3 Å². The van der Waals surface area contributed by atoms with Gasteiger partial charge >= 0.3 is 0 Å². The fourth-order valence-corrected chi connectivity index (χ4v) is 3.60. The second kappa shape index (κ2) is 8.02. The van der Waals surface area contributed by atoms with Crippen LogP contribution in [0.15, 0.2) is 52.9 Å². The molecule has 146 valence electrons. The minimum atomic E-state index is 0.0964. The van der Waals surface area contributed by atoms with Crippen molar-refractivity contribution in [3.8, 4) is 17.2 Å². The minimum absolute atomic E-state index is 0.0964. The highest BCUT2D eigenvalue weighted by Crippen LogP contribution is 2.27. The minimum Gasteiger partial charge on any atom is -0.497 e. The third-order valence-electron chi connectivity index (χ3n) is 5.36. The van der Waals surface area contributed by atoms with Gasteiger partial charge in [0.1, 0.15) is 5.75 Å². The van der Waals surface area contributed by atoms with Gasteiger partial charge in [0.25, 0.3) is 0 Å². The Hall–Kier alpha value is -2.86. The summed E-state index contributed by atoms with van der Waals surface area (Å²) in [5.41, 5.74) is 3.49. The highest BCUT2D eigenvalue weighted by Gasteiger charge is 2.26. The quantitative estimate of drug-likeness (QED) is 0.670. The maximum absolute atomic E-state index is 5.97. The fraction of sp³-hybridized carbons (Fsp3) is 0.364. The number of benzene rings is 2. The van der Waals surface area contributed by atoms with Crippen LogP contribution in [0.3, 0.4) is 0 Å². The van der Waals surface area contributed by atoms with Crippen molar-refractivity contribution in [2.75, 3.05) is 38.2 Å². The van der Waals surface area contributed by atoms with Gasteiger partial charge in [0, 0.05) is 37.4 Å². The number of piperazine rings is 1. The van der Waals surface area contributed by atoms with Crippen molar-refractivity contribution < 1.29 is 9.15 Å². The molecule has 6 heteroatoms. The first-order valence-corrected chi connectivity index (χ1v) is 9.67. The van der Waals surface area contributed by atoms with E-state index in [1.54, 1.807) is 7.11 Å². The van der Waals surface area contributed by atoms with E-state index in [0.29, 0.717) is 11.8 Å². The van der Waals surface area contributed by atoms with Crippen molar-refractivity contribution in [2.45, 2.75) is 19.9 Å². The number of aryl methyl sites for hydroxylation is 1. The van der Waals surface area contributed by atoms with E-state index in [9.17, 15) is 0 Å². The molecule has 3 aromatic rings. The molecule has 4 rings (SSSR count).